The molecule has 0 aromatic heterocycles. The SMILES string of the molecule is CN=C(NCC(C)CN1CCN(C)CC1)NCC1(c2cccc(Br)c2)CC1.I. The Bertz CT molecular complexity index is 641. The maximum absolute atomic E-state index is 4.42. The molecule has 1 saturated heterocycles. The second kappa shape index (κ2) is 11.1. The molecule has 7 heteroatoms. The van der Waals surface area contributed by atoms with E-state index < -0.39 is 0 Å². The molecule has 1 aromatic carbocycles. The topological polar surface area (TPSA) is 42.9 Å². The standard InChI is InChI=1S/C21H34BrN5.HI/c1-17(15-27-11-9-26(3)10-12-27)14-24-20(23-2)25-16-21(7-8-21)18-5-4-6-19(22)13-18;/h4-6,13,17H,7-12,14-16H2,1-3H3,(H2,23,24,25);1H. The highest BCUT2D eigenvalue weighted by Crippen LogP contribution is 2.48. The Balaban J connectivity index is 0.00000280. The summed E-state index contributed by atoms with van der Waals surface area (Å²) in [5.74, 6) is 1.52. The van der Waals surface area contributed by atoms with Crippen LogP contribution in [0.4, 0.5) is 0 Å². The fraction of sp³-hybridized carbons (Fsp3) is 0.667. The molecule has 1 saturated carbocycles. The average molecular weight is 564 g/mol. The Morgan fingerprint density at radius 2 is 1.93 bits per heavy atom. The van der Waals surface area contributed by atoms with Gasteiger partial charge in [0.1, 0.15) is 0 Å². The van der Waals surface area contributed by atoms with Gasteiger partial charge in [0.15, 0.2) is 5.96 Å². The van der Waals surface area contributed by atoms with Crippen LogP contribution in [0, 0.1) is 5.92 Å². The third-order valence-corrected chi connectivity index (χ3v) is 6.39. The van der Waals surface area contributed by atoms with E-state index in [-0.39, 0.29) is 29.4 Å². The Kier molecular flexibility index (Phi) is 9.50. The highest BCUT2D eigenvalue weighted by molar-refractivity contribution is 14.0. The zero-order valence-electron chi connectivity index (χ0n) is 17.4. The molecule has 0 spiro atoms. The predicted octanol–water partition coefficient (Wildman–Crippen LogP) is 3.15. The first-order valence-corrected chi connectivity index (χ1v) is 10.9. The van der Waals surface area contributed by atoms with Gasteiger partial charge in [-0.15, -0.1) is 24.0 Å². The smallest absolute Gasteiger partial charge is 0.191 e. The molecule has 28 heavy (non-hydrogen) atoms. The van der Waals surface area contributed by atoms with E-state index in [2.05, 4.69) is 79.6 Å². The van der Waals surface area contributed by atoms with Gasteiger partial charge in [-0.3, -0.25) is 4.99 Å². The summed E-state index contributed by atoms with van der Waals surface area (Å²) in [6.45, 7) is 10.1. The zero-order chi connectivity index (χ0) is 19.3. The van der Waals surface area contributed by atoms with E-state index in [0.717, 1.165) is 30.1 Å². The molecule has 0 amide bonds. The van der Waals surface area contributed by atoms with Crippen molar-refractivity contribution in [3.8, 4) is 0 Å². The van der Waals surface area contributed by atoms with E-state index in [1.165, 1.54) is 44.6 Å². The Hall–Kier alpha value is -0.380. The molecule has 0 radical (unpaired) electrons. The van der Waals surface area contributed by atoms with Gasteiger partial charge in [-0.25, -0.2) is 0 Å². The van der Waals surface area contributed by atoms with Crippen LogP contribution in [0.2, 0.25) is 0 Å². The second-order valence-electron chi connectivity index (χ2n) is 8.31. The maximum atomic E-state index is 4.42. The third-order valence-electron chi connectivity index (χ3n) is 5.89. The van der Waals surface area contributed by atoms with E-state index in [0.29, 0.717) is 5.92 Å². The number of nitrogens with one attached hydrogen (secondary N) is 2. The first-order chi connectivity index (χ1) is 13.0. The fourth-order valence-electron chi connectivity index (χ4n) is 3.82. The first kappa shape index (κ1) is 23.9. The first-order valence-electron chi connectivity index (χ1n) is 10.1. The van der Waals surface area contributed by atoms with Crippen LogP contribution in [-0.4, -0.2) is 75.7 Å². The number of guanidine groups is 1. The number of nitrogens with zero attached hydrogens (tertiary/aromatic N) is 3. The number of likely N-dealkylation sites (N-methyl/N-ethyl adjacent to an activating group) is 1. The number of halogens is 2. The van der Waals surface area contributed by atoms with Gasteiger partial charge >= 0.3 is 0 Å². The molecule has 0 bridgehead atoms. The molecule has 1 heterocycles. The van der Waals surface area contributed by atoms with Crippen LogP contribution in [0.1, 0.15) is 25.3 Å². The van der Waals surface area contributed by atoms with Crippen LogP contribution in [0.25, 0.3) is 0 Å². The van der Waals surface area contributed by atoms with Crippen LogP contribution in [0.5, 0.6) is 0 Å². The Morgan fingerprint density at radius 1 is 1.21 bits per heavy atom. The summed E-state index contributed by atoms with van der Waals surface area (Å²) in [5, 5.41) is 7.08. The van der Waals surface area contributed by atoms with Gasteiger partial charge in [0.25, 0.3) is 0 Å². The predicted molar refractivity (Wildman–Crippen MR) is 133 cm³/mol. The molecule has 158 valence electrons. The molecule has 5 nitrogen and oxygen atoms in total. The molecule has 2 fully saturated rings. The Labute approximate surface area is 195 Å². The largest absolute Gasteiger partial charge is 0.356 e. The summed E-state index contributed by atoms with van der Waals surface area (Å²) in [4.78, 5) is 9.41. The van der Waals surface area contributed by atoms with Crippen molar-refractivity contribution >= 4 is 45.9 Å². The molecule has 2 aliphatic rings. The molecule has 2 N–H and O–H groups in total. The van der Waals surface area contributed by atoms with E-state index in [1.54, 1.807) is 0 Å². The lowest BCUT2D eigenvalue weighted by Gasteiger charge is -2.34. The van der Waals surface area contributed by atoms with Crippen molar-refractivity contribution < 1.29 is 0 Å². The molecular formula is C21H35BrIN5. The summed E-state index contributed by atoms with van der Waals surface area (Å²) in [5.41, 5.74) is 1.69. The van der Waals surface area contributed by atoms with E-state index >= 15 is 0 Å². The number of hydrogen-bond acceptors (Lipinski definition) is 3. The molecule has 3 rings (SSSR count). The van der Waals surface area contributed by atoms with Crippen molar-refractivity contribution in [2.24, 2.45) is 10.9 Å². The van der Waals surface area contributed by atoms with Gasteiger partial charge in [0.05, 0.1) is 0 Å². The van der Waals surface area contributed by atoms with Crippen LogP contribution in [-0.2, 0) is 5.41 Å². The summed E-state index contributed by atoms with van der Waals surface area (Å²) in [6.07, 6.45) is 2.49. The number of piperazine rings is 1. The maximum Gasteiger partial charge on any atom is 0.191 e. The van der Waals surface area contributed by atoms with Gasteiger partial charge in [-0.05, 0) is 43.5 Å². The second-order valence-corrected chi connectivity index (χ2v) is 9.22. The van der Waals surface area contributed by atoms with Crippen molar-refractivity contribution in [1.29, 1.82) is 0 Å². The quantitative estimate of drug-likeness (QED) is 0.304. The van der Waals surface area contributed by atoms with E-state index in [9.17, 15) is 0 Å². The number of benzene rings is 1. The van der Waals surface area contributed by atoms with Crippen molar-refractivity contribution in [2.45, 2.75) is 25.2 Å². The Morgan fingerprint density at radius 3 is 2.54 bits per heavy atom. The van der Waals surface area contributed by atoms with Crippen molar-refractivity contribution in [3.63, 3.8) is 0 Å². The van der Waals surface area contributed by atoms with Crippen molar-refractivity contribution in [3.05, 3.63) is 34.3 Å². The fourth-order valence-corrected chi connectivity index (χ4v) is 4.22. The van der Waals surface area contributed by atoms with Crippen LogP contribution in [0.15, 0.2) is 33.7 Å². The highest BCUT2D eigenvalue weighted by atomic mass is 127. The average Bonchev–Trinajstić information content (AvgIpc) is 3.45. The van der Waals surface area contributed by atoms with E-state index in [4.69, 9.17) is 0 Å². The van der Waals surface area contributed by atoms with Gasteiger partial charge in [0, 0.05) is 62.7 Å². The summed E-state index contributed by atoms with van der Waals surface area (Å²) in [6, 6.07) is 8.72. The lowest BCUT2D eigenvalue weighted by atomic mass is 9.96. The number of rotatable bonds is 7. The minimum atomic E-state index is 0. The molecule has 1 aliphatic carbocycles. The number of aliphatic imine (C=N–C) groups is 1. The zero-order valence-corrected chi connectivity index (χ0v) is 21.3. The van der Waals surface area contributed by atoms with Crippen LogP contribution in [0.3, 0.4) is 0 Å². The van der Waals surface area contributed by atoms with Gasteiger partial charge in [-0.1, -0.05) is 35.0 Å². The monoisotopic (exact) mass is 563 g/mol. The summed E-state index contributed by atoms with van der Waals surface area (Å²) < 4.78 is 1.16. The summed E-state index contributed by atoms with van der Waals surface area (Å²) >= 11 is 3.60. The van der Waals surface area contributed by atoms with Crippen LogP contribution < -0.4 is 10.6 Å². The molecule has 1 aliphatic heterocycles. The van der Waals surface area contributed by atoms with Crippen LogP contribution >= 0.6 is 39.9 Å². The molecule has 1 aromatic rings. The normalized spacial score (nSPS) is 20.9. The minimum absolute atomic E-state index is 0. The molecule has 1 atom stereocenters. The van der Waals surface area contributed by atoms with Crippen molar-refractivity contribution in [2.75, 3.05) is 59.9 Å². The lowest BCUT2D eigenvalue weighted by molar-refractivity contribution is 0.139. The summed E-state index contributed by atoms with van der Waals surface area (Å²) in [7, 11) is 4.07. The molecule has 1 unspecified atom stereocenters. The van der Waals surface area contributed by atoms with Gasteiger partial charge in [0.2, 0.25) is 0 Å². The van der Waals surface area contributed by atoms with E-state index in [1.807, 2.05) is 7.05 Å². The number of hydrogen-bond donors (Lipinski definition) is 2. The molecular weight excluding hydrogens is 529 g/mol. The van der Waals surface area contributed by atoms with Crippen molar-refractivity contribution in [1.82, 2.24) is 20.4 Å². The van der Waals surface area contributed by atoms with Gasteiger partial charge in [-0.2, -0.15) is 0 Å². The minimum Gasteiger partial charge on any atom is -0.356 e. The lowest BCUT2D eigenvalue weighted by Crippen LogP contribution is -2.48. The third kappa shape index (κ3) is 6.85. The highest BCUT2D eigenvalue weighted by Gasteiger charge is 2.44. The van der Waals surface area contributed by atoms with Gasteiger partial charge < -0.3 is 20.4 Å².